The van der Waals surface area contributed by atoms with E-state index >= 15 is 0 Å². The first-order valence-electron chi connectivity index (χ1n) is 5.66. The Balaban J connectivity index is 2.74. The van der Waals surface area contributed by atoms with E-state index in [-0.39, 0.29) is 0 Å². The molecule has 1 atom stereocenters. The zero-order valence-corrected chi connectivity index (χ0v) is 9.87. The first kappa shape index (κ1) is 12.0. The molecule has 1 rings (SSSR count). The number of aliphatic imine (C=N–C) groups is 1. The first-order chi connectivity index (χ1) is 7.09. The van der Waals surface area contributed by atoms with E-state index in [0.29, 0.717) is 11.8 Å². The number of hydrogen-bond donors (Lipinski definition) is 0. The summed E-state index contributed by atoms with van der Waals surface area (Å²) in [5, 5.41) is 0. The van der Waals surface area contributed by atoms with Crippen LogP contribution in [0.3, 0.4) is 0 Å². The van der Waals surface area contributed by atoms with Crippen molar-refractivity contribution in [1.82, 2.24) is 0 Å². The molecule has 0 aliphatic carbocycles. The normalized spacial score (nSPS) is 25.7. The third-order valence-electron chi connectivity index (χ3n) is 2.95. The summed E-state index contributed by atoms with van der Waals surface area (Å²) in [5.74, 6) is 1.40. The summed E-state index contributed by atoms with van der Waals surface area (Å²) in [6, 6.07) is 0. The fraction of sp³-hybridized carbons (Fsp3) is 0.500. The largest absolute Gasteiger partial charge is 0.262 e. The summed E-state index contributed by atoms with van der Waals surface area (Å²) in [6.45, 7) is 12.6. The second-order valence-electron chi connectivity index (χ2n) is 4.61. The molecule has 1 aliphatic rings. The van der Waals surface area contributed by atoms with Gasteiger partial charge >= 0.3 is 0 Å². The highest BCUT2D eigenvalue weighted by atomic mass is 14.7. The molecule has 1 nitrogen and oxygen atoms in total. The summed E-state index contributed by atoms with van der Waals surface area (Å²) >= 11 is 0. The molecule has 82 valence electrons. The molecule has 0 radical (unpaired) electrons. The second-order valence-corrected chi connectivity index (χ2v) is 4.61. The van der Waals surface area contributed by atoms with E-state index in [2.05, 4.69) is 38.1 Å². The molecule has 0 fully saturated rings. The molecule has 0 saturated heterocycles. The van der Waals surface area contributed by atoms with Crippen molar-refractivity contribution in [2.45, 2.75) is 33.1 Å². The van der Waals surface area contributed by atoms with E-state index in [1.54, 1.807) is 0 Å². The summed E-state index contributed by atoms with van der Waals surface area (Å²) in [6.07, 6.45) is 9.08. The Labute approximate surface area is 93.3 Å². The molecular formula is C14H21N. The Hall–Kier alpha value is -1.11. The fourth-order valence-electron chi connectivity index (χ4n) is 1.82. The Morgan fingerprint density at radius 1 is 1.40 bits per heavy atom. The van der Waals surface area contributed by atoms with Gasteiger partial charge < -0.3 is 0 Å². The molecule has 1 heteroatoms. The van der Waals surface area contributed by atoms with Gasteiger partial charge in [-0.2, -0.15) is 0 Å². The smallest absolute Gasteiger partial charge is 0.0332 e. The van der Waals surface area contributed by atoms with E-state index in [9.17, 15) is 0 Å². The van der Waals surface area contributed by atoms with E-state index in [1.807, 2.05) is 12.3 Å². The van der Waals surface area contributed by atoms with Gasteiger partial charge in [0.2, 0.25) is 0 Å². The van der Waals surface area contributed by atoms with Gasteiger partial charge in [0.05, 0.1) is 0 Å². The van der Waals surface area contributed by atoms with Crippen LogP contribution in [0.2, 0.25) is 0 Å². The van der Waals surface area contributed by atoms with Crippen LogP contribution < -0.4 is 0 Å². The molecule has 0 aromatic carbocycles. The van der Waals surface area contributed by atoms with E-state index < -0.39 is 0 Å². The monoisotopic (exact) mass is 203 g/mol. The molecule has 1 unspecified atom stereocenters. The lowest BCUT2D eigenvalue weighted by molar-refractivity contribution is 0.358. The maximum Gasteiger partial charge on any atom is 0.0332 e. The minimum absolute atomic E-state index is 0.700. The van der Waals surface area contributed by atoms with Crippen LogP contribution in [0, 0.1) is 11.8 Å². The standard InChI is InChI=1S/C14H21N/c1-11(2)14-8-7-13(4)15-9-5-6-12(3)10-14/h5-6,9,11,14H,3-4,7-8,10H2,1-2H3/b6-5-,15-9?. The van der Waals surface area contributed by atoms with Crippen LogP contribution in [-0.4, -0.2) is 6.21 Å². The molecule has 1 aliphatic heterocycles. The molecule has 1 heterocycles. The van der Waals surface area contributed by atoms with E-state index in [0.717, 1.165) is 18.5 Å². The SMILES string of the molecule is C=C1/C=C\C=NC(=C)CCC(C(C)C)C1. The number of allylic oxidation sites excluding steroid dienone is 4. The molecule has 0 amide bonds. The maximum absolute atomic E-state index is 4.27. The summed E-state index contributed by atoms with van der Waals surface area (Å²) in [4.78, 5) is 4.27. The van der Waals surface area contributed by atoms with Gasteiger partial charge in [-0.05, 0) is 37.2 Å². The zero-order valence-electron chi connectivity index (χ0n) is 9.87. The first-order valence-corrected chi connectivity index (χ1v) is 5.66. The minimum Gasteiger partial charge on any atom is -0.262 e. The number of nitrogens with zero attached hydrogens (tertiary/aromatic N) is 1. The summed E-state index contributed by atoms with van der Waals surface area (Å²) in [7, 11) is 0. The second kappa shape index (κ2) is 5.69. The molecule has 0 spiro atoms. The third kappa shape index (κ3) is 4.28. The molecule has 15 heavy (non-hydrogen) atoms. The van der Waals surface area contributed by atoms with Crippen molar-refractivity contribution in [1.29, 1.82) is 0 Å². The van der Waals surface area contributed by atoms with Gasteiger partial charge in [0, 0.05) is 11.9 Å². The van der Waals surface area contributed by atoms with Gasteiger partial charge in [0.15, 0.2) is 0 Å². The molecule has 0 aromatic heterocycles. The van der Waals surface area contributed by atoms with Gasteiger partial charge in [0.1, 0.15) is 0 Å². The predicted octanol–water partition coefficient (Wildman–Crippen LogP) is 4.14. The van der Waals surface area contributed by atoms with E-state index in [4.69, 9.17) is 0 Å². The van der Waals surface area contributed by atoms with Gasteiger partial charge in [-0.3, -0.25) is 4.99 Å². The van der Waals surface area contributed by atoms with Crippen molar-refractivity contribution in [2.24, 2.45) is 16.8 Å². The highest BCUT2D eigenvalue weighted by molar-refractivity contribution is 5.72. The third-order valence-corrected chi connectivity index (χ3v) is 2.95. The van der Waals surface area contributed by atoms with Crippen LogP contribution in [0.15, 0.2) is 41.6 Å². The predicted molar refractivity (Wildman–Crippen MR) is 68.1 cm³/mol. The maximum atomic E-state index is 4.27. The van der Waals surface area contributed by atoms with Crippen LogP contribution in [0.5, 0.6) is 0 Å². The topological polar surface area (TPSA) is 12.4 Å². The lowest BCUT2D eigenvalue weighted by Crippen LogP contribution is -2.10. The Morgan fingerprint density at radius 3 is 2.80 bits per heavy atom. The zero-order chi connectivity index (χ0) is 11.3. The minimum atomic E-state index is 0.700. The number of hydrogen-bond acceptors (Lipinski definition) is 1. The van der Waals surface area contributed by atoms with Crippen molar-refractivity contribution < 1.29 is 0 Å². The Bertz CT molecular complexity index is 294. The van der Waals surface area contributed by atoms with Crippen molar-refractivity contribution >= 4 is 6.21 Å². The highest BCUT2D eigenvalue weighted by Crippen LogP contribution is 2.26. The van der Waals surface area contributed by atoms with Gasteiger partial charge in [-0.15, -0.1) is 0 Å². The Kier molecular flexibility index (Phi) is 4.54. The van der Waals surface area contributed by atoms with Crippen molar-refractivity contribution in [3.05, 3.63) is 36.6 Å². The van der Waals surface area contributed by atoms with E-state index in [1.165, 1.54) is 12.0 Å². The molecular weight excluding hydrogens is 182 g/mol. The summed E-state index contributed by atoms with van der Waals surface area (Å²) in [5.41, 5.74) is 2.19. The molecule has 0 aromatic rings. The van der Waals surface area contributed by atoms with Crippen molar-refractivity contribution in [3.8, 4) is 0 Å². The average molecular weight is 203 g/mol. The van der Waals surface area contributed by atoms with Gasteiger partial charge in [-0.1, -0.05) is 38.7 Å². The molecule has 0 saturated carbocycles. The lowest BCUT2D eigenvalue weighted by atomic mass is 9.85. The summed E-state index contributed by atoms with van der Waals surface area (Å²) < 4.78 is 0. The number of rotatable bonds is 1. The highest BCUT2D eigenvalue weighted by Gasteiger charge is 2.14. The van der Waals surface area contributed by atoms with Crippen LogP contribution in [0.25, 0.3) is 0 Å². The van der Waals surface area contributed by atoms with Crippen LogP contribution in [-0.2, 0) is 0 Å². The lowest BCUT2D eigenvalue weighted by Gasteiger charge is -2.21. The molecule has 0 N–H and O–H groups in total. The molecule has 0 bridgehead atoms. The Morgan fingerprint density at radius 2 is 2.13 bits per heavy atom. The van der Waals surface area contributed by atoms with Crippen LogP contribution >= 0.6 is 0 Å². The quantitative estimate of drug-likeness (QED) is 0.607. The van der Waals surface area contributed by atoms with Gasteiger partial charge in [-0.25, -0.2) is 0 Å². The average Bonchev–Trinajstić information content (AvgIpc) is 2.18. The van der Waals surface area contributed by atoms with Crippen molar-refractivity contribution in [2.75, 3.05) is 0 Å². The van der Waals surface area contributed by atoms with Gasteiger partial charge in [0.25, 0.3) is 0 Å². The van der Waals surface area contributed by atoms with Crippen LogP contribution in [0.1, 0.15) is 33.1 Å². The van der Waals surface area contributed by atoms with Crippen molar-refractivity contribution in [3.63, 3.8) is 0 Å². The fourth-order valence-corrected chi connectivity index (χ4v) is 1.82. The van der Waals surface area contributed by atoms with Crippen LogP contribution in [0.4, 0.5) is 0 Å².